The van der Waals surface area contributed by atoms with E-state index in [0.717, 1.165) is 12.3 Å². The topological polar surface area (TPSA) is 42.0 Å². The fourth-order valence-electron chi connectivity index (χ4n) is 2.05. The van der Waals surface area contributed by atoms with Gasteiger partial charge in [0.2, 0.25) is 0 Å². The van der Waals surface area contributed by atoms with Crippen LogP contribution in [0.2, 0.25) is 5.02 Å². The summed E-state index contributed by atoms with van der Waals surface area (Å²) in [5.74, 6) is 0.251. The van der Waals surface area contributed by atoms with Gasteiger partial charge in [0.25, 0.3) is 0 Å². The van der Waals surface area contributed by atoms with Crippen LogP contribution in [0.5, 0.6) is 0 Å². The van der Waals surface area contributed by atoms with Crippen molar-refractivity contribution >= 4 is 28.8 Å². The van der Waals surface area contributed by atoms with Crippen LogP contribution in [0.1, 0.15) is 11.3 Å². The van der Waals surface area contributed by atoms with Crippen molar-refractivity contribution in [1.29, 1.82) is 0 Å². The highest BCUT2D eigenvalue weighted by Gasteiger charge is 2.31. The van der Waals surface area contributed by atoms with Gasteiger partial charge in [0, 0.05) is 11.2 Å². The lowest BCUT2D eigenvalue weighted by molar-refractivity contribution is -0.137. The third kappa shape index (κ3) is 3.19. The number of azo groups is 1. The molecule has 2 heterocycles. The molecule has 0 aliphatic rings. The van der Waals surface area contributed by atoms with E-state index in [4.69, 9.17) is 11.6 Å². The zero-order valence-electron chi connectivity index (χ0n) is 11.8. The monoisotopic (exact) mass is 338 g/mol. The summed E-state index contributed by atoms with van der Waals surface area (Å²) in [5.41, 5.74) is 0.628. The van der Waals surface area contributed by atoms with E-state index in [0.29, 0.717) is 22.1 Å². The molecular weight excluding hydrogens is 329 g/mol. The van der Waals surface area contributed by atoms with E-state index >= 15 is 0 Å². The van der Waals surface area contributed by atoms with Gasteiger partial charge in [0.15, 0.2) is 5.82 Å². The van der Waals surface area contributed by atoms with Crippen LogP contribution in [0, 0.1) is 6.92 Å². The van der Waals surface area contributed by atoms with Crippen LogP contribution < -0.4 is 0 Å². The van der Waals surface area contributed by atoms with Crippen LogP contribution in [0.15, 0.2) is 52.8 Å². The first-order valence-electron chi connectivity index (χ1n) is 6.58. The zero-order valence-corrected chi connectivity index (χ0v) is 12.6. The highest BCUT2D eigenvalue weighted by atomic mass is 35.5. The highest BCUT2D eigenvalue weighted by Crippen LogP contribution is 2.31. The van der Waals surface area contributed by atoms with Crippen molar-refractivity contribution in [3.63, 3.8) is 0 Å². The summed E-state index contributed by atoms with van der Waals surface area (Å²) in [4.78, 5) is 4.18. The molecule has 0 radical (unpaired) electrons. The first-order chi connectivity index (χ1) is 10.8. The number of nitrogens with zero attached hydrogens (tertiary/aromatic N) is 4. The minimum Gasteiger partial charge on any atom is -0.282 e. The van der Waals surface area contributed by atoms with E-state index in [2.05, 4.69) is 15.2 Å². The second-order valence-electron chi connectivity index (χ2n) is 4.84. The van der Waals surface area contributed by atoms with Gasteiger partial charge in [-0.05, 0) is 43.3 Å². The lowest BCUT2D eigenvalue weighted by atomic mass is 10.3. The molecule has 3 aromatic rings. The van der Waals surface area contributed by atoms with E-state index in [1.807, 2.05) is 0 Å². The third-order valence-corrected chi connectivity index (χ3v) is 3.43. The van der Waals surface area contributed by atoms with Crippen LogP contribution >= 0.6 is 11.6 Å². The van der Waals surface area contributed by atoms with Crippen molar-refractivity contribution in [3.05, 3.63) is 58.9 Å². The molecule has 0 aliphatic heterocycles. The molecule has 0 spiro atoms. The number of halogens is 4. The Morgan fingerprint density at radius 3 is 2.39 bits per heavy atom. The minimum atomic E-state index is -4.43. The van der Waals surface area contributed by atoms with Gasteiger partial charge in [0.1, 0.15) is 5.65 Å². The summed E-state index contributed by atoms with van der Waals surface area (Å²) < 4.78 is 39.8. The van der Waals surface area contributed by atoms with E-state index in [1.165, 1.54) is 10.5 Å². The van der Waals surface area contributed by atoms with Gasteiger partial charge in [-0.25, -0.2) is 4.98 Å². The molecule has 118 valence electrons. The molecule has 0 atom stereocenters. The van der Waals surface area contributed by atoms with Crippen molar-refractivity contribution in [3.8, 4) is 0 Å². The van der Waals surface area contributed by atoms with E-state index in [1.54, 1.807) is 31.2 Å². The average Bonchev–Trinajstić information content (AvgIpc) is 2.80. The number of hydrogen-bond acceptors (Lipinski definition) is 3. The summed E-state index contributed by atoms with van der Waals surface area (Å²) in [6, 6.07) is 8.91. The number of benzene rings is 1. The third-order valence-electron chi connectivity index (χ3n) is 3.18. The normalized spacial score (nSPS) is 12.4. The number of imidazole rings is 1. The molecule has 0 amide bonds. The summed E-state index contributed by atoms with van der Waals surface area (Å²) >= 11 is 5.78. The maximum Gasteiger partial charge on any atom is 0.417 e. The Morgan fingerprint density at radius 1 is 1.04 bits per heavy atom. The van der Waals surface area contributed by atoms with Crippen molar-refractivity contribution in [2.45, 2.75) is 13.1 Å². The van der Waals surface area contributed by atoms with E-state index in [-0.39, 0.29) is 5.82 Å². The average molecular weight is 339 g/mol. The molecular formula is C15H10ClF3N4. The van der Waals surface area contributed by atoms with Crippen LogP contribution in [0.25, 0.3) is 5.65 Å². The molecule has 1 aromatic carbocycles. The number of pyridine rings is 1. The molecule has 0 N–H and O–H groups in total. The van der Waals surface area contributed by atoms with E-state index in [9.17, 15) is 13.2 Å². The molecule has 8 heteroatoms. The smallest absolute Gasteiger partial charge is 0.282 e. The molecule has 0 aliphatic carbocycles. The highest BCUT2D eigenvalue weighted by molar-refractivity contribution is 6.30. The maximum absolute atomic E-state index is 12.8. The summed E-state index contributed by atoms with van der Waals surface area (Å²) in [6.07, 6.45) is -3.47. The predicted octanol–water partition coefficient (Wildman–Crippen LogP) is 5.73. The number of rotatable bonds is 2. The zero-order chi connectivity index (χ0) is 16.6. The lowest BCUT2D eigenvalue weighted by Crippen LogP contribution is -2.06. The second kappa shape index (κ2) is 5.66. The van der Waals surface area contributed by atoms with Gasteiger partial charge in [0.05, 0.1) is 16.9 Å². The van der Waals surface area contributed by atoms with Gasteiger partial charge >= 0.3 is 6.18 Å². The van der Waals surface area contributed by atoms with Crippen LogP contribution in [0.3, 0.4) is 0 Å². The molecule has 2 aromatic heterocycles. The Kier molecular flexibility index (Phi) is 3.81. The Hall–Kier alpha value is -2.41. The molecule has 0 saturated carbocycles. The largest absolute Gasteiger partial charge is 0.417 e. The summed E-state index contributed by atoms with van der Waals surface area (Å²) in [5, 5.41) is 8.61. The SMILES string of the molecule is Cc1nc2ccc(C(F)(F)F)cn2c1N=Nc1ccc(Cl)cc1. The van der Waals surface area contributed by atoms with Crippen LogP contribution in [-0.4, -0.2) is 9.38 Å². The fraction of sp³-hybridized carbons (Fsp3) is 0.133. The van der Waals surface area contributed by atoms with Crippen molar-refractivity contribution < 1.29 is 13.2 Å². The lowest BCUT2D eigenvalue weighted by Gasteiger charge is -2.06. The molecule has 3 rings (SSSR count). The van der Waals surface area contributed by atoms with Crippen molar-refractivity contribution in [2.24, 2.45) is 10.2 Å². The Labute approximate surface area is 134 Å². The summed E-state index contributed by atoms with van der Waals surface area (Å²) in [7, 11) is 0. The van der Waals surface area contributed by atoms with Gasteiger partial charge in [-0.2, -0.15) is 13.2 Å². The first-order valence-corrected chi connectivity index (χ1v) is 6.95. The number of aryl methyl sites for hydroxylation is 1. The quantitative estimate of drug-likeness (QED) is 0.550. The van der Waals surface area contributed by atoms with Gasteiger partial charge in [-0.15, -0.1) is 10.2 Å². The summed E-state index contributed by atoms with van der Waals surface area (Å²) in [6.45, 7) is 1.66. The Balaban J connectivity index is 2.05. The Morgan fingerprint density at radius 2 is 1.74 bits per heavy atom. The predicted molar refractivity (Wildman–Crippen MR) is 80.6 cm³/mol. The number of fused-ring (bicyclic) bond motifs is 1. The Bertz CT molecular complexity index is 882. The molecule has 0 fully saturated rings. The molecule has 0 saturated heterocycles. The number of hydrogen-bond donors (Lipinski definition) is 0. The number of alkyl halides is 3. The second-order valence-corrected chi connectivity index (χ2v) is 5.28. The molecule has 23 heavy (non-hydrogen) atoms. The minimum absolute atomic E-state index is 0.251. The standard InChI is InChI=1S/C15H10ClF3N4/c1-9-14(22-21-12-5-3-11(16)4-6-12)23-8-10(15(17,18)19)2-7-13(23)20-9/h2-8H,1H3. The maximum atomic E-state index is 12.8. The van der Waals surface area contributed by atoms with Crippen molar-refractivity contribution in [2.75, 3.05) is 0 Å². The van der Waals surface area contributed by atoms with Crippen molar-refractivity contribution in [1.82, 2.24) is 9.38 Å². The van der Waals surface area contributed by atoms with Gasteiger partial charge < -0.3 is 0 Å². The fourth-order valence-corrected chi connectivity index (χ4v) is 2.18. The van der Waals surface area contributed by atoms with Gasteiger partial charge in [-0.1, -0.05) is 11.6 Å². The number of aromatic nitrogens is 2. The molecule has 0 unspecified atom stereocenters. The van der Waals surface area contributed by atoms with Gasteiger partial charge in [-0.3, -0.25) is 4.40 Å². The van der Waals surface area contributed by atoms with Crippen LogP contribution in [-0.2, 0) is 6.18 Å². The molecule has 4 nitrogen and oxygen atoms in total. The van der Waals surface area contributed by atoms with Crippen LogP contribution in [0.4, 0.5) is 24.7 Å². The first kappa shape index (κ1) is 15.5. The van der Waals surface area contributed by atoms with E-state index < -0.39 is 11.7 Å². The molecule has 0 bridgehead atoms.